The third-order valence-electron chi connectivity index (χ3n) is 3.68. The van der Waals surface area contributed by atoms with Gasteiger partial charge in [0.25, 0.3) is 0 Å². The van der Waals surface area contributed by atoms with Crippen molar-refractivity contribution in [1.29, 1.82) is 0 Å². The fraction of sp³-hybridized carbons (Fsp3) is 0.600. The van der Waals surface area contributed by atoms with Crippen molar-refractivity contribution in [2.24, 2.45) is 0 Å². The summed E-state index contributed by atoms with van der Waals surface area (Å²) in [7, 11) is 1.68. The highest BCUT2D eigenvalue weighted by Gasteiger charge is 2.17. The van der Waals surface area contributed by atoms with Gasteiger partial charge in [-0.2, -0.15) is 0 Å². The fourth-order valence-corrected chi connectivity index (χ4v) is 2.50. The van der Waals surface area contributed by atoms with E-state index >= 15 is 0 Å². The minimum Gasteiger partial charge on any atom is -0.383 e. The predicted octanol–water partition coefficient (Wildman–Crippen LogP) is 2.72. The number of hydrogen-bond donors (Lipinski definition) is 1. The third kappa shape index (κ3) is 3.67. The standard InChI is InChI=1S/C15H23FN2O/c1-12(17-7-10-19-2)13-5-6-15(14(16)11-13)18-8-3-4-9-18/h5-6,11-12,17H,3-4,7-10H2,1-2H3/t12-/m1/s1. The molecular weight excluding hydrogens is 243 g/mol. The SMILES string of the molecule is COCCN[C@H](C)c1ccc(N2CCCC2)c(F)c1. The van der Waals surface area contributed by atoms with E-state index in [-0.39, 0.29) is 11.9 Å². The molecule has 1 atom stereocenters. The molecule has 1 aliphatic heterocycles. The Hall–Kier alpha value is -1.13. The average molecular weight is 266 g/mol. The number of benzene rings is 1. The van der Waals surface area contributed by atoms with Crippen LogP contribution in [0.1, 0.15) is 31.4 Å². The van der Waals surface area contributed by atoms with E-state index in [4.69, 9.17) is 4.74 Å². The molecule has 19 heavy (non-hydrogen) atoms. The Morgan fingerprint density at radius 2 is 2.11 bits per heavy atom. The lowest BCUT2D eigenvalue weighted by atomic mass is 10.1. The molecule has 0 spiro atoms. The molecule has 2 rings (SSSR count). The molecule has 4 heteroatoms. The summed E-state index contributed by atoms with van der Waals surface area (Å²) in [5.74, 6) is -0.111. The maximum Gasteiger partial charge on any atom is 0.146 e. The number of ether oxygens (including phenoxy) is 1. The zero-order valence-corrected chi connectivity index (χ0v) is 11.8. The Morgan fingerprint density at radius 1 is 1.37 bits per heavy atom. The Balaban J connectivity index is 2.01. The van der Waals surface area contributed by atoms with Gasteiger partial charge in [-0.25, -0.2) is 4.39 Å². The van der Waals surface area contributed by atoms with Gasteiger partial charge in [0.15, 0.2) is 0 Å². The van der Waals surface area contributed by atoms with Crippen LogP contribution in [0.4, 0.5) is 10.1 Å². The molecule has 0 bridgehead atoms. The van der Waals surface area contributed by atoms with Gasteiger partial charge in [-0.05, 0) is 37.5 Å². The molecular formula is C15H23FN2O. The molecule has 1 heterocycles. The molecule has 106 valence electrons. The van der Waals surface area contributed by atoms with Crippen molar-refractivity contribution in [3.05, 3.63) is 29.6 Å². The van der Waals surface area contributed by atoms with Crippen molar-refractivity contribution in [2.75, 3.05) is 38.3 Å². The minimum atomic E-state index is -0.111. The van der Waals surface area contributed by atoms with Crippen molar-refractivity contribution < 1.29 is 9.13 Å². The molecule has 1 N–H and O–H groups in total. The maximum atomic E-state index is 14.2. The molecule has 0 amide bonds. The van der Waals surface area contributed by atoms with Gasteiger partial charge < -0.3 is 15.0 Å². The highest BCUT2D eigenvalue weighted by molar-refractivity contribution is 5.50. The number of nitrogens with one attached hydrogen (secondary N) is 1. The van der Waals surface area contributed by atoms with Crippen LogP contribution >= 0.6 is 0 Å². The Labute approximate surface area is 114 Å². The molecule has 0 saturated carbocycles. The second kappa shape index (κ2) is 6.87. The van der Waals surface area contributed by atoms with Gasteiger partial charge in [-0.3, -0.25) is 0 Å². The summed E-state index contributed by atoms with van der Waals surface area (Å²) in [4.78, 5) is 2.13. The van der Waals surface area contributed by atoms with Crippen LogP contribution in [0.3, 0.4) is 0 Å². The zero-order chi connectivity index (χ0) is 13.7. The summed E-state index contributed by atoms with van der Waals surface area (Å²) in [5, 5.41) is 3.31. The summed E-state index contributed by atoms with van der Waals surface area (Å²) in [6, 6.07) is 5.71. The lowest BCUT2D eigenvalue weighted by Crippen LogP contribution is -2.23. The van der Waals surface area contributed by atoms with Gasteiger partial charge in [0.05, 0.1) is 12.3 Å². The number of nitrogens with zero attached hydrogens (tertiary/aromatic N) is 1. The summed E-state index contributed by atoms with van der Waals surface area (Å²) in [6.07, 6.45) is 2.33. The number of anilines is 1. The Kier molecular flexibility index (Phi) is 5.16. The molecule has 0 radical (unpaired) electrons. The summed E-state index contributed by atoms with van der Waals surface area (Å²) < 4.78 is 19.2. The van der Waals surface area contributed by atoms with E-state index in [1.807, 2.05) is 19.1 Å². The van der Waals surface area contributed by atoms with Crippen molar-refractivity contribution in [1.82, 2.24) is 5.32 Å². The van der Waals surface area contributed by atoms with Crippen molar-refractivity contribution in [3.8, 4) is 0 Å². The Morgan fingerprint density at radius 3 is 2.74 bits per heavy atom. The van der Waals surface area contributed by atoms with Crippen LogP contribution in [0.15, 0.2) is 18.2 Å². The van der Waals surface area contributed by atoms with E-state index in [0.29, 0.717) is 6.61 Å². The first-order valence-corrected chi connectivity index (χ1v) is 6.99. The van der Waals surface area contributed by atoms with E-state index in [0.717, 1.165) is 43.7 Å². The van der Waals surface area contributed by atoms with Gasteiger partial charge in [0, 0.05) is 32.8 Å². The van der Waals surface area contributed by atoms with Crippen molar-refractivity contribution in [3.63, 3.8) is 0 Å². The normalized spacial score (nSPS) is 16.9. The van der Waals surface area contributed by atoms with Crippen LogP contribution in [0.25, 0.3) is 0 Å². The molecule has 0 aliphatic carbocycles. The highest BCUT2D eigenvalue weighted by Crippen LogP contribution is 2.26. The number of rotatable bonds is 6. The van der Waals surface area contributed by atoms with Crippen LogP contribution in [-0.2, 0) is 4.74 Å². The smallest absolute Gasteiger partial charge is 0.146 e. The molecule has 0 unspecified atom stereocenters. The van der Waals surface area contributed by atoms with Gasteiger partial charge >= 0.3 is 0 Å². The first-order valence-electron chi connectivity index (χ1n) is 6.99. The van der Waals surface area contributed by atoms with E-state index in [2.05, 4.69) is 10.2 Å². The first kappa shape index (κ1) is 14.3. The first-order chi connectivity index (χ1) is 9.22. The van der Waals surface area contributed by atoms with E-state index < -0.39 is 0 Å². The Bertz CT molecular complexity index is 405. The van der Waals surface area contributed by atoms with E-state index in [1.165, 1.54) is 0 Å². The number of halogens is 1. The van der Waals surface area contributed by atoms with Crippen LogP contribution in [0.2, 0.25) is 0 Å². The van der Waals surface area contributed by atoms with Crippen LogP contribution in [-0.4, -0.2) is 33.4 Å². The molecule has 0 aromatic heterocycles. The van der Waals surface area contributed by atoms with Gasteiger partial charge in [0.1, 0.15) is 5.82 Å². The fourth-order valence-electron chi connectivity index (χ4n) is 2.50. The second-order valence-corrected chi connectivity index (χ2v) is 5.07. The number of methoxy groups -OCH3 is 1. The van der Waals surface area contributed by atoms with Crippen molar-refractivity contribution >= 4 is 5.69 Å². The highest BCUT2D eigenvalue weighted by atomic mass is 19.1. The van der Waals surface area contributed by atoms with Gasteiger partial charge in [0.2, 0.25) is 0 Å². The topological polar surface area (TPSA) is 24.5 Å². The lowest BCUT2D eigenvalue weighted by Gasteiger charge is -2.20. The monoisotopic (exact) mass is 266 g/mol. The molecule has 1 aliphatic rings. The number of hydrogen-bond acceptors (Lipinski definition) is 3. The average Bonchev–Trinajstić information content (AvgIpc) is 2.92. The van der Waals surface area contributed by atoms with E-state index in [9.17, 15) is 4.39 Å². The van der Waals surface area contributed by atoms with Gasteiger partial charge in [-0.1, -0.05) is 6.07 Å². The largest absolute Gasteiger partial charge is 0.383 e. The molecule has 1 fully saturated rings. The second-order valence-electron chi connectivity index (χ2n) is 5.07. The lowest BCUT2D eigenvalue weighted by molar-refractivity contribution is 0.196. The molecule has 1 saturated heterocycles. The quantitative estimate of drug-likeness (QED) is 0.801. The molecule has 1 aromatic carbocycles. The summed E-state index contributed by atoms with van der Waals surface area (Å²) >= 11 is 0. The molecule has 1 aromatic rings. The van der Waals surface area contributed by atoms with Crippen LogP contribution in [0, 0.1) is 5.82 Å². The van der Waals surface area contributed by atoms with Crippen LogP contribution in [0.5, 0.6) is 0 Å². The van der Waals surface area contributed by atoms with E-state index in [1.54, 1.807) is 13.2 Å². The van der Waals surface area contributed by atoms with Crippen LogP contribution < -0.4 is 10.2 Å². The minimum absolute atomic E-state index is 0.111. The maximum absolute atomic E-state index is 14.2. The summed E-state index contributed by atoms with van der Waals surface area (Å²) in [5.41, 5.74) is 1.72. The van der Waals surface area contributed by atoms with Crippen molar-refractivity contribution in [2.45, 2.75) is 25.8 Å². The zero-order valence-electron chi connectivity index (χ0n) is 11.8. The predicted molar refractivity (Wildman–Crippen MR) is 76.1 cm³/mol. The third-order valence-corrected chi connectivity index (χ3v) is 3.68. The van der Waals surface area contributed by atoms with Gasteiger partial charge in [-0.15, -0.1) is 0 Å². The summed E-state index contributed by atoms with van der Waals surface area (Å²) in [6.45, 7) is 5.42. The molecule has 3 nitrogen and oxygen atoms in total.